The number of halogens is 1. The zero-order valence-corrected chi connectivity index (χ0v) is 12.2. The highest BCUT2D eigenvalue weighted by atomic mass is 35.5. The average Bonchev–Trinajstić information content (AvgIpc) is 2.29. The highest BCUT2D eigenvalue weighted by Crippen LogP contribution is 2.25. The molecular formula is C14H19ClN2O2. The molecule has 0 aliphatic carbocycles. The van der Waals surface area contributed by atoms with Gasteiger partial charge in [-0.3, -0.25) is 4.79 Å². The Bertz CT molecular complexity index is 502. The molecule has 1 aromatic rings. The number of nitrogens with two attached hydrogens (primary N) is 1. The second-order valence-electron chi connectivity index (χ2n) is 5.61. The van der Waals surface area contributed by atoms with Crippen molar-refractivity contribution in [2.75, 3.05) is 18.8 Å². The molecule has 104 valence electrons. The standard InChI is InChI=1S/C14H19ClN2O2/c1-9-7-17(8-14(2,3)19-9)13(18)11-6-10(16)4-5-12(11)15/h4-6,9H,7-8,16H2,1-3H3. The van der Waals surface area contributed by atoms with Gasteiger partial charge in [0.2, 0.25) is 0 Å². The van der Waals surface area contributed by atoms with Crippen LogP contribution >= 0.6 is 11.6 Å². The molecule has 0 aromatic heterocycles. The molecule has 0 saturated carbocycles. The van der Waals surface area contributed by atoms with Crippen molar-refractivity contribution in [3.63, 3.8) is 0 Å². The maximum atomic E-state index is 12.5. The lowest BCUT2D eigenvalue weighted by atomic mass is 10.0. The number of amides is 1. The van der Waals surface area contributed by atoms with E-state index in [0.29, 0.717) is 29.4 Å². The summed E-state index contributed by atoms with van der Waals surface area (Å²) in [7, 11) is 0. The number of carbonyl (C=O) groups excluding carboxylic acids is 1. The van der Waals surface area contributed by atoms with Gasteiger partial charge < -0.3 is 15.4 Å². The summed E-state index contributed by atoms with van der Waals surface area (Å²) in [4.78, 5) is 14.3. The number of anilines is 1. The van der Waals surface area contributed by atoms with Crippen LogP contribution in [0.5, 0.6) is 0 Å². The zero-order chi connectivity index (χ0) is 14.2. The van der Waals surface area contributed by atoms with Gasteiger partial charge in [-0.1, -0.05) is 11.6 Å². The molecule has 1 heterocycles. The first-order chi connectivity index (χ1) is 8.78. The molecule has 1 fully saturated rings. The van der Waals surface area contributed by atoms with Crippen molar-refractivity contribution in [3.05, 3.63) is 28.8 Å². The minimum atomic E-state index is -0.347. The van der Waals surface area contributed by atoms with E-state index in [4.69, 9.17) is 22.1 Å². The largest absolute Gasteiger partial charge is 0.399 e. The number of hydrogen-bond acceptors (Lipinski definition) is 3. The summed E-state index contributed by atoms with van der Waals surface area (Å²) >= 11 is 6.08. The molecule has 2 N–H and O–H groups in total. The fourth-order valence-electron chi connectivity index (χ4n) is 2.49. The summed E-state index contributed by atoms with van der Waals surface area (Å²) in [5.41, 5.74) is 6.36. The predicted octanol–water partition coefficient (Wildman–Crippen LogP) is 2.56. The lowest BCUT2D eigenvalue weighted by Gasteiger charge is -2.41. The van der Waals surface area contributed by atoms with Crippen LogP contribution in [-0.4, -0.2) is 35.6 Å². The van der Waals surface area contributed by atoms with Crippen molar-refractivity contribution in [1.29, 1.82) is 0 Å². The normalized spacial score (nSPS) is 22.3. The Kier molecular flexibility index (Phi) is 3.74. The Balaban J connectivity index is 2.26. The molecule has 2 rings (SSSR count). The highest BCUT2D eigenvalue weighted by Gasteiger charge is 2.34. The van der Waals surface area contributed by atoms with E-state index in [1.165, 1.54) is 0 Å². The van der Waals surface area contributed by atoms with Gasteiger partial charge in [-0.2, -0.15) is 0 Å². The third-order valence-electron chi connectivity index (χ3n) is 3.08. The van der Waals surface area contributed by atoms with Gasteiger partial charge in [0.1, 0.15) is 0 Å². The summed E-state index contributed by atoms with van der Waals surface area (Å²) in [6, 6.07) is 4.96. The molecule has 0 bridgehead atoms. The topological polar surface area (TPSA) is 55.6 Å². The third kappa shape index (κ3) is 3.19. The smallest absolute Gasteiger partial charge is 0.255 e. The van der Waals surface area contributed by atoms with Crippen LogP contribution in [-0.2, 0) is 4.74 Å². The van der Waals surface area contributed by atoms with Crippen molar-refractivity contribution in [1.82, 2.24) is 4.90 Å². The van der Waals surface area contributed by atoms with E-state index in [1.54, 1.807) is 23.1 Å². The van der Waals surface area contributed by atoms with Gasteiger partial charge in [-0.25, -0.2) is 0 Å². The number of ether oxygens (including phenoxy) is 1. The quantitative estimate of drug-likeness (QED) is 0.806. The van der Waals surface area contributed by atoms with E-state index >= 15 is 0 Å². The summed E-state index contributed by atoms with van der Waals surface area (Å²) in [5, 5.41) is 0.427. The fourth-order valence-corrected chi connectivity index (χ4v) is 2.68. The number of benzene rings is 1. The molecule has 0 spiro atoms. The molecule has 4 nitrogen and oxygen atoms in total. The molecule has 1 atom stereocenters. The molecule has 1 aromatic carbocycles. The number of morpholine rings is 1. The first-order valence-corrected chi connectivity index (χ1v) is 6.68. The van der Waals surface area contributed by atoms with Crippen LogP contribution in [0.1, 0.15) is 31.1 Å². The molecule has 19 heavy (non-hydrogen) atoms. The van der Waals surface area contributed by atoms with E-state index in [0.717, 1.165) is 0 Å². The Morgan fingerprint density at radius 1 is 1.53 bits per heavy atom. The van der Waals surface area contributed by atoms with Gasteiger partial charge >= 0.3 is 0 Å². The van der Waals surface area contributed by atoms with Crippen molar-refractivity contribution in [3.8, 4) is 0 Å². The van der Waals surface area contributed by atoms with E-state index < -0.39 is 0 Å². The molecule has 5 heteroatoms. The summed E-state index contributed by atoms with van der Waals surface area (Å²) < 4.78 is 5.79. The lowest BCUT2D eigenvalue weighted by Crippen LogP contribution is -2.53. The summed E-state index contributed by atoms with van der Waals surface area (Å²) in [6.07, 6.45) is 0.00698. The Hall–Kier alpha value is -1.26. The van der Waals surface area contributed by atoms with Gasteiger partial charge in [-0.15, -0.1) is 0 Å². The SMILES string of the molecule is CC1CN(C(=O)c2cc(N)ccc2Cl)CC(C)(C)O1. The van der Waals surface area contributed by atoms with Crippen LogP contribution in [0.25, 0.3) is 0 Å². The lowest BCUT2D eigenvalue weighted by molar-refractivity contribution is -0.118. The molecule has 1 aliphatic rings. The maximum Gasteiger partial charge on any atom is 0.255 e. The van der Waals surface area contributed by atoms with Gasteiger partial charge in [-0.05, 0) is 39.0 Å². The third-order valence-corrected chi connectivity index (χ3v) is 3.41. The van der Waals surface area contributed by atoms with Gasteiger partial charge in [0.15, 0.2) is 0 Å². The van der Waals surface area contributed by atoms with Crippen LogP contribution < -0.4 is 5.73 Å². The number of nitrogens with zero attached hydrogens (tertiary/aromatic N) is 1. The van der Waals surface area contributed by atoms with Crippen molar-refractivity contribution >= 4 is 23.2 Å². The van der Waals surface area contributed by atoms with Crippen LogP contribution in [0.3, 0.4) is 0 Å². The van der Waals surface area contributed by atoms with Crippen LogP contribution in [0, 0.1) is 0 Å². The minimum absolute atomic E-state index is 0.00698. The maximum absolute atomic E-state index is 12.5. The first kappa shape index (κ1) is 14.2. The van der Waals surface area contributed by atoms with Crippen LogP contribution in [0.15, 0.2) is 18.2 Å². The second kappa shape index (κ2) is 5.02. The molecule has 1 aliphatic heterocycles. The Labute approximate surface area is 118 Å². The van der Waals surface area contributed by atoms with Crippen LogP contribution in [0.4, 0.5) is 5.69 Å². The van der Waals surface area contributed by atoms with Crippen molar-refractivity contribution in [2.24, 2.45) is 0 Å². The Morgan fingerprint density at radius 2 is 2.21 bits per heavy atom. The second-order valence-corrected chi connectivity index (χ2v) is 6.02. The number of hydrogen-bond donors (Lipinski definition) is 1. The number of carbonyl (C=O) groups is 1. The predicted molar refractivity (Wildman–Crippen MR) is 76.4 cm³/mol. The number of rotatable bonds is 1. The van der Waals surface area contributed by atoms with E-state index in [2.05, 4.69) is 0 Å². The van der Waals surface area contributed by atoms with Crippen molar-refractivity contribution in [2.45, 2.75) is 32.5 Å². The molecular weight excluding hydrogens is 264 g/mol. The Morgan fingerprint density at radius 3 is 2.84 bits per heavy atom. The van der Waals surface area contributed by atoms with E-state index in [9.17, 15) is 4.79 Å². The monoisotopic (exact) mass is 282 g/mol. The van der Waals surface area contributed by atoms with Gasteiger partial charge in [0, 0.05) is 18.8 Å². The highest BCUT2D eigenvalue weighted by molar-refractivity contribution is 6.34. The van der Waals surface area contributed by atoms with Crippen molar-refractivity contribution < 1.29 is 9.53 Å². The van der Waals surface area contributed by atoms with Gasteiger partial charge in [0.05, 0.1) is 22.3 Å². The molecule has 1 saturated heterocycles. The number of nitrogen functional groups attached to an aromatic ring is 1. The molecule has 1 amide bonds. The fraction of sp³-hybridized carbons (Fsp3) is 0.500. The molecule has 0 radical (unpaired) electrons. The summed E-state index contributed by atoms with van der Waals surface area (Å²) in [5.74, 6) is -0.0967. The van der Waals surface area contributed by atoms with E-state index in [-0.39, 0.29) is 17.6 Å². The molecule has 1 unspecified atom stereocenters. The summed E-state index contributed by atoms with van der Waals surface area (Å²) in [6.45, 7) is 7.02. The zero-order valence-electron chi connectivity index (χ0n) is 11.4. The average molecular weight is 283 g/mol. The minimum Gasteiger partial charge on any atom is -0.399 e. The van der Waals surface area contributed by atoms with E-state index in [1.807, 2.05) is 20.8 Å². The van der Waals surface area contributed by atoms with Crippen LogP contribution in [0.2, 0.25) is 5.02 Å². The van der Waals surface area contributed by atoms with Gasteiger partial charge in [0.25, 0.3) is 5.91 Å². The first-order valence-electron chi connectivity index (χ1n) is 6.30.